The molecule has 1 saturated carbocycles. The van der Waals surface area contributed by atoms with E-state index in [1.165, 1.54) is 19.3 Å². The Morgan fingerprint density at radius 2 is 2.04 bits per heavy atom. The van der Waals surface area contributed by atoms with Crippen LogP contribution in [0.2, 0.25) is 0 Å². The highest BCUT2D eigenvalue weighted by atomic mass is 35.5. The van der Waals surface area contributed by atoms with Crippen molar-refractivity contribution in [1.82, 2.24) is 25.6 Å². The predicted octanol–water partition coefficient (Wildman–Crippen LogP) is 2.63. The first-order chi connectivity index (χ1) is 11.2. The van der Waals surface area contributed by atoms with Crippen LogP contribution in [0.4, 0.5) is 0 Å². The molecule has 1 aliphatic heterocycles. The largest absolute Gasteiger partial charge is 0.348 e. The Morgan fingerprint density at radius 3 is 2.75 bits per heavy atom. The molecule has 0 bridgehead atoms. The van der Waals surface area contributed by atoms with Gasteiger partial charge in [0.1, 0.15) is 0 Å². The van der Waals surface area contributed by atoms with Gasteiger partial charge in [0.05, 0.1) is 11.7 Å². The Kier molecular flexibility index (Phi) is 7.04. The van der Waals surface area contributed by atoms with Gasteiger partial charge in [-0.2, -0.15) is 0 Å². The average Bonchev–Trinajstić information content (AvgIpc) is 2.97. The molecule has 136 valence electrons. The molecule has 7 heteroatoms. The molecule has 1 aliphatic carbocycles. The fourth-order valence-electron chi connectivity index (χ4n) is 4.00. The molecule has 2 aliphatic rings. The smallest absolute Gasteiger partial charge is 0.273 e. The van der Waals surface area contributed by atoms with Crippen LogP contribution in [-0.2, 0) is 0 Å². The molecular weight excluding hydrogens is 326 g/mol. The Balaban J connectivity index is 0.00000208. The molecule has 0 radical (unpaired) electrons. The van der Waals surface area contributed by atoms with Gasteiger partial charge in [0.25, 0.3) is 5.91 Å². The number of hydrogen-bond donors (Lipinski definition) is 2. The lowest BCUT2D eigenvalue weighted by Gasteiger charge is -2.28. The van der Waals surface area contributed by atoms with Gasteiger partial charge < -0.3 is 10.6 Å². The van der Waals surface area contributed by atoms with Crippen molar-refractivity contribution < 1.29 is 4.79 Å². The second-order valence-corrected chi connectivity index (χ2v) is 7.06. The Hall–Kier alpha value is -1.14. The predicted molar refractivity (Wildman–Crippen MR) is 96.7 cm³/mol. The van der Waals surface area contributed by atoms with Gasteiger partial charge >= 0.3 is 0 Å². The zero-order chi connectivity index (χ0) is 16.2. The third-order valence-electron chi connectivity index (χ3n) is 5.49. The molecule has 6 nitrogen and oxygen atoms in total. The molecule has 1 saturated heterocycles. The maximum atomic E-state index is 12.6. The first-order valence-electron chi connectivity index (χ1n) is 9.12. The van der Waals surface area contributed by atoms with Crippen LogP contribution in [0.5, 0.6) is 0 Å². The summed E-state index contributed by atoms with van der Waals surface area (Å²) in [6, 6.07) is 0.661. The van der Waals surface area contributed by atoms with Crippen LogP contribution < -0.4 is 10.6 Å². The monoisotopic (exact) mass is 355 g/mol. The standard InChI is InChI=1S/C17H29N5O.ClH/c1-3-13-5-4-6-14(11-13)19-17(23)16-12(2)22(21-20-16)15-7-9-18-10-8-15;/h13-15,18H,3-11H2,1-2H3,(H,19,23);1H. The highest BCUT2D eigenvalue weighted by molar-refractivity contribution is 5.93. The third-order valence-corrected chi connectivity index (χ3v) is 5.49. The summed E-state index contributed by atoms with van der Waals surface area (Å²) in [6.07, 6.45) is 8.00. The number of halogens is 1. The fourth-order valence-corrected chi connectivity index (χ4v) is 4.00. The van der Waals surface area contributed by atoms with Gasteiger partial charge in [-0.3, -0.25) is 4.79 Å². The minimum atomic E-state index is -0.0514. The van der Waals surface area contributed by atoms with Gasteiger partial charge in [-0.25, -0.2) is 4.68 Å². The molecule has 2 fully saturated rings. The summed E-state index contributed by atoms with van der Waals surface area (Å²) in [7, 11) is 0. The fraction of sp³-hybridized carbons (Fsp3) is 0.824. The number of nitrogens with zero attached hydrogens (tertiary/aromatic N) is 3. The van der Waals surface area contributed by atoms with Crippen LogP contribution in [0.25, 0.3) is 0 Å². The molecule has 2 N–H and O–H groups in total. The van der Waals surface area contributed by atoms with Crippen molar-refractivity contribution in [3.8, 4) is 0 Å². The van der Waals surface area contributed by atoms with E-state index in [4.69, 9.17) is 0 Å². The molecule has 0 spiro atoms. The molecule has 1 aromatic heterocycles. The van der Waals surface area contributed by atoms with Crippen molar-refractivity contribution in [1.29, 1.82) is 0 Å². The summed E-state index contributed by atoms with van der Waals surface area (Å²) in [6.45, 7) is 6.22. The topological polar surface area (TPSA) is 71.8 Å². The van der Waals surface area contributed by atoms with Crippen molar-refractivity contribution in [2.75, 3.05) is 13.1 Å². The Labute approximate surface area is 150 Å². The quantitative estimate of drug-likeness (QED) is 0.870. The summed E-state index contributed by atoms with van der Waals surface area (Å²) in [5, 5.41) is 15.0. The van der Waals surface area contributed by atoms with Crippen molar-refractivity contribution in [2.45, 2.75) is 70.9 Å². The lowest BCUT2D eigenvalue weighted by Crippen LogP contribution is -2.38. The van der Waals surface area contributed by atoms with Gasteiger partial charge in [-0.1, -0.05) is 31.4 Å². The van der Waals surface area contributed by atoms with E-state index < -0.39 is 0 Å². The van der Waals surface area contributed by atoms with E-state index in [0.29, 0.717) is 17.8 Å². The number of rotatable bonds is 4. The molecule has 0 aromatic carbocycles. The number of carbonyl (C=O) groups excluding carboxylic acids is 1. The summed E-state index contributed by atoms with van der Waals surface area (Å²) >= 11 is 0. The molecule has 1 aromatic rings. The first kappa shape index (κ1) is 19.2. The van der Waals surface area contributed by atoms with E-state index in [1.54, 1.807) is 0 Å². The van der Waals surface area contributed by atoms with Crippen molar-refractivity contribution in [3.63, 3.8) is 0 Å². The highest BCUT2D eigenvalue weighted by Gasteiger charge is 2.26. The maximum Gasteiger partial charge on any atom is 0.273 e. The minimum Gasteiger partial charge on any atom is -0.348 e. The van der Waals surface area contributed by atoms with Crippen molar-refractivity contribution >= 4 is 18.3 Å². The summed E-state index contributed by atoms with van der Waals surface area (Å²) in [5.74, 6) is 0.699. The molecule has 24 heavy (non-hydrogen) atoms. The van der Waals surface area contributed by atoms with E-state index >= 15 is 0 Å². The van der Waals surface area contributed by atoms with Crippen LogP contribution in [-0.4, -0.2) is 40.0 Å². The van der Waals surface area contributed by atoms with E-state index in [0.717, 1.165) is 50.4 Å². The van der Waals surface area contributed by atoms with Crippen LogP contribution >= 0.6 is 12.4 Å². The molecule has 1 amide bonds. The Bertz CT molecular complexity index is 541. The van der Waals surface area contributed by atoms with Gasteiger partial charge in [0.15, 0.2) is 5.69 Å². The number of piperidine rings is 1. The summed E-state index contributed by atoms with van der Waals surface area (Å²) in [4.78, 5) is 12.6. The van der Waals surface area contributed by atoms with E-state index in [-0.39, 0.29) is 18.3 Å². The molecule has 3 rings (SSSR count). The summed E-state index contributed by atoms with van der Waals surface area (Å²) < 4.78 is 1.95. The van der Waals surface area contributed by atoms with E-state index in [9.17, 15) is 4.79 Å². The van der Waals surface area contributed by atoms with Gasteiger partial charge in [0.2, 0.25) is 0 Å². The Morgan fingerprint density at radius 1 is 1.29 bits per heavy atom. The number of nitrogens with one attached hydrogen (secondary N) is 2. The normalized spacial score (nSPS) is 25.1. The molecule has 2 unspecified atom stereocenters. The highest BCUT2D eigenvalue weighted by Crippen LogP contribution is 2.27. The van der Waals surface area contributed by atoms with Crippen molar-refractivity contribution in [3.05, 3.63) is 11.4 Å². The second kappa shape index (κ2) is 8.81. The molecular formula is C17H30ClN5O. The van der Waals surface area contributed by atoms with Gasteiger partial charge in [0, 0.05) is 6.04 Å². The van der Waals surface area contributed by atoms with Gasteiger partial charge in [-0.05, 0) is 51.6 Å². The molecule has 2 atom stereocenters. The van der Waals surface area contributed by atoms with Crippen LogP contribution in [0, 0.1) is 12.8 Å². The second-order valence-electron chi connectivity index (χ2n) is 7.06. The lowest BCUT2D eigenvalue weighted by molar-refractivity contribution is 0.0913. The number of amides is 1. The van der Waals surface area contributed by atoms with Gasteiger partial charge in [-0.15, -0.1) is 17.5 Å². The first-order valence-corrected chi connectivity index (χ1v) is 9.12. The minimum absolute atomic E-state index is 0. The van der Waals surface area contributed by atoms with Crippen LogP contribution in [0.15, 0.2) is 0 Å². The van der Waals surface area contributed by atoms with E-state index in [2.05, 4.69) is 27.9 Å². The zero-order valence-electron chi connectivity index (χ0n) is 14.8. The van der Waals surface area contributed by atoms with Crippen LogP contribution in [0.3, 0.4) is 0 Å². The van der Waals surface area contributed by atoms with Crippen molar-refractivity contribution in [2.24, 2.45) is 5.92 Å². The number of hydrogen-bond acceptors (Lipinski definition) is 4. The summed E-state index contributed by atoms with van der Waals surface area (Å²) in [5.41, 5.74) is 1.40. The number of carbonyl (C=O) groups is 1. The number of aromatic nitrogens is 3. The van der Waals surface area contributed by atoms with Crippen LogP contribution in [0.1, 0.15) is 74.1 Å². The zero-order valence-corrected chi connectivity index (χ0v) is 15.6. The van der Waals surface area contributed by atoms with E-state index in [1.807, 2.05) is 11.6 Å². The maximum absolute atomic E-state index is 12.6. The third kappa shape index (κ3) is 4.28. The lowest BCUT2D eigenvalue weighted by atomic mass is 9.84. The SMILES string of the molecule is CCC1CCCC(NC(=O)c2nnn(C3CCNCC3)c2C)C1.Cl. The average molecular weight is 356 g/mol. The molecule has 2 heterocycles.